The molecule has 0 aliphatic rings. The summed E-state index contributed by atoms with van der Waals surface area (Å²) in [6.45, 7) is 1.64. The zero-order valence-corrected chi connectivity index (χ0v) is 11.0. The molecule has 0 radical (unpaired) electrons. The van der Waals surface area contributed by atoms with Crippen molar-refractivity contribution in [3.63, 3.8) is 0 Å². The predicted octanol–water partition coefficient (Wildman–Crippen LogP) is -3.06. The summed E-state index contributed by atoms with van der Waals surface area (Å²) in [5.74, 6) is -1.31. The topological polar surface area (TPSA) is 70.8 Å². The Morgan fingerprint density at radius 3 is 2.44 bits per heavy atom. The van der Waals surface area contributed by atoms with Gasteiger partial charge in [-0.2, -0.15) is 0 Å². The van der Waals surface area contributed by atoms with Gasteiger partial charge in [0.15, 0.2) is 0 Å². The van der Waals surface area contributed by atoms with E-state index in [0.29, 0.717) is 5.69 Å². The number of aromatic carboxylic acids is 1. The molecule has 0 aliphatic heterocycles. The molecule has 0 fully saturated rings. The third kappa shape index (κ3) is 2.32. The van der Waals surface area contributed by atoms with Crippen LogP contribution in [0.1, 0.15) is 16.2 Å². The number of carboxylic acids is 1. The summed E-state index contributed by atoms with van der Waals surface area (Å²) in [5, 5.41) is 17.9. The minimum absolute atomic E-state index is 0. The van der Waals surface area contributed by atoms with Crippen LogP contribution in [0, 0.1) is 6.92 Å². The normalized spacial score (nSPS) is 9.56. The molecule has 0 saturated carbocycles. The van der Waals surface area contributed by atoms with Gasteiger partial charge in [0.05, 0.1) is 17.4 Å². The van der Waals surface area contributed by atoms with E-state index in [4.69, 9.17) is 0 Å². The average molecular weight is 225 g/mol. The molecule has 1 heterocycles. The maximum atomic E-state index is 10.6. The van der Waals surface area contributed by atoms with E-state index in [2.05, 4.69) is 10.3 Å². The van der Waals surface area contributed by atoms with Crippen molar-refractivity contribution in [1.82, 2.24) is 15.0 Å². The van der Waals surface area contributed by atoms with E-state index in [9.17, 15) is 9.90 Å². The molecule has 0 spiro atoms. The molecule has 1 aromatic heterocycles. The minimum Gasteiger partial charge on any atom is -0.543 e. The Morgan fingerprint density at radius 2 is 1.94 bits per heavy atom. The van der Waals surface area contributed by atoms with Gasteiger partial charge < -0.3 is 9.90 Å². The van der Waals surface area contributed by atoms with Crippen molar-refractivity contribution >= 4 is 5.97 Å². The molecule has 0 N–H and O–H groups in total. The predicted molar refractivity (Wildman–Crippen MR) is 50.4 cm³/mol. The Kier molecular flexibility index (Phi) is 4.23. The van der Waals surface area contributed by atoms with E-state index in [0.717, 1.165) is 5.69 Å². The van der Waals surface area contributed by atoms with E-state index < -0.39 is 5.97 Å². The fourth-order valence-corrected chi connectivity index (χ4v) is 1.33. The SMILES string of the molecule is Cc1c(C(=O)[O-])nnn1-c1ccccc1.[Na+]. The minimum atomic E-state index is -1.31. The first-order valence-corrected chi connectivity index (χ1v) is 4.39. The quantitative estimate of drug-likeness (QED) is 0.509. The van der Waals surface area contributed by atoms with Crippen LogP contribution >= 0.6 is 0 Å². The van der Waals surface area contributed by atoms with Crippen LogP contribution in [0.2, 0.25) is 0 Å². The van der Waals surface area contributed by atoms with Crippen molar-refractivity contribution < 1.29 is 39.5 Å². The van der Waals surface area contributed by atoms with Gasteiger partial charge in [0.2, 0.25) is 0 Å². The van der Waals surface area contributed by atoms with Crippen LogP contribution in [0.3, 0.4) is 0 Å². The second-order valence-corrected chi connectivity index (χ2v) is 3.06. The molecule has 2 aromatic rings. The first-order chi connectivity index (χ1) is 7.20. The van der Waals surface area contributed by atoms with E-state index in [1.54, 1.807) is 6.92 Å². The summed E-state index contributed by atoms with van der Waals surface area (Å²) >= 11 is 0. The van der Waals surface area contributed by atoms with E-state index in [1.807, 2.05) is 30.3 Å². The number of rotatable bonds is 2. The first-order valence-electron chi connectivity index (χ1n) is 4.39. The van der Waals surface area contributed by atoms with Crippen LogP contribution in [-0.4, -0.2) is 21.0 Å². The van der Waals surface area contributed by atoms with E-state index >= 15 is 0 Å². The molecular weight excluding hydrogens is 217 g/mol. The number of aromatic nitrogens is 3. The number of carbonyl (C=O) groups is 1. The zero-order valence-electron chi connectivity index (χ0n) is 9.04. The van der Waals surface area contributed by atoms with Gasteiger partial charge in [-0.1, -0.05) is 23.4 Å². The monoisotopic (exact) mass is 225 g/mol. The molecular formula is C10H8N3NaO2. The number of para-hydroxylation sites is 1. The fraction of sp³-hybridized carbons (Fsp3) is 0.100. The summed E-state index contributed by atoms with van der Waals surface area (Å²) in [7, 11) is 0. The molecule has 2 rings (SSSR count). The second kappa shape index (κ2) is 5.25. The summed E-state index contributed by atoms with van der Waals surface area (Å²) in [6, 6.07) is 9.20. The van der Waals surface area contributed by atoms with Gasteiger partial charge in [0, 0.05) is 0 Å². The molecule has 1 aromatic carbocycles. The molecule has 0 atom stereocenters. The van der Waals surface area contributed by atoms with Crippen LogP contribution in [0.5, 0.6) is 0 Å². The molecule has 0 saturated heterocycles. The second-order valence-electron chi connectivity index (χ2n) is 3.06. The van der Waals surface area contributed by atoms with Gasteiger partial charge in [-0.05, 0) is 19.1 Å². The van der Waals surface area contributed by atoms with Gasteiger partial charge in [-0.25, -0.2) is 4.68 Å². The molecule has 0 amide bonds. The molecule has 0 aliphatic carbocycles. The standard InChI is InChI=1S/C10H9N3O2.Na/c1-7-9(10(14)15)11-12-13(7)8-5-3-2-4-6-8;/h2-6H,1H3,(H,14,15);/q;+1/p-1. The molecule has 5 nitrogen and oxygen atoms in total. The van der Waals surface area contributed by atoms with Crippen molar-refractivity contribution in [3.05, 3.63) is 41.7 Å². The van der Waals surface area contributed by atoms with Gasteiger partial charge in [-0.3, -0.25) is 0 Å². The summed E-state index contributed by atoms with van der Waals surface area (Å²) in [4.78, 5) is 10.6. The first kappa shape index (κ1) is 12.9. The van der Waals surface area contributed by atoms with Crippen LogP contribution < -0.4 is 34.7 Å². The van der Waals surface area contributed by atoms with Crippen LogP contribution in [0.15, 0.2) is 30.3 Å². The third-order valence-electron chi connectivity index (χ3n) is 2.09. The van der Waals surface area contributed by atoms with Crippen LogP contribution in [0.4, 0.5) is 0 Å². The summed E-state index contributed by atoms with van der Waals surface area (Å²) < 4.78 is 1.46. The molecule has 76 valence electrons. The molecule has 6 heteroatoms. The summed E-state index contributed by atoms with van der Waals surface area (Å²) in [6.07, 6.45) is 0. The number of hydrogen-bond donors (Lipinski definition) is 0. The van der Waals surface area contributed by atoms with Crippen molar-refractivity contribution in [2.24, 2.45) is 0 Å². The zero-order chi connectivity index (χ0) is 10.8. The van der Waals surface area contributed by atoms with Crippen molar-refractivity contribution in [1.29, 1.82) is 0 Å². The van der Waals surface area contributed by atoms with Crippen molar-refractivity contribution in [2.45, 2.75) is 6.92 Å². The Morgan fingerprint density at radius 1 is 1.31 bits per heavy atom. The van der Waals surface area contributed by atoms with E-state index in [1.165, 1.54) is 4.68 Å². The largest absolute Gasteiger partial charge is 1.00 e. The van der Waals surface area contributed by atoms with E-state index in [-0.39, 0.29) is 35.3 Å². The molecule has 0 bridgehead atoms. The van der Waals surface area contributed by atoms with Crippen molar-refractivity contribution in [3.8, 4) is 5.69 Å². The van der Waals surface area contributed by atoms with Crippen LogP contribution in [0.25, 0.3) is 5.69 Å². The Hall–Kier alpha value is -1.17. The van der Waals surface area contributed by atoms with Gasteiger partial charge in [-0.15, -0.1) is 5.10 Å². The Bertz CT molecular complexity index is 496. The fourth-order valence-electron chi connectivity index (χ4n) is 1.33. The number of carboxylic acid groups (broad SMARTS) is 1. The van der Waals surface area contributed by atoms with Crippen molar-refractivity contribution in [2.75, 3.05) is 0 Å². The number of benzene rings is 1. The average Bonchev–Trinajstić information content (AvgIpc) is 2.61. The molecule has 0 unspecified atom stereocenters. The third-order valence-corrected chi connectivity index (χ3v) is 2.09. The smallest absolute Gasteiger partial charge is 0.543 e. The Balaban J connectivity index is 0.00000128. The van der Waals surface area contributed by atoms with Crippen LogP contribution in [-0.2, 0) is 0 Å². The summed E-state index contributed by atoms with van der Waals surface area (Å²) in [5.41, 5.74) is 1.11. The number of nitrogens with zero attached hydrogens (tertiary/aromatic N) is 3. The number of carbonyl (C=O) groups excluding carboxylic acids is 1. The molecule has 16 heavy (non-hydrogen) atoms. The Labute approximate surface area is 114 Å². The maximum Gasteiger partial charge on any atom is 1.00 e. The van der Waals surface area contributed by atoms with Gasteiger partial charge in [0.1, 0.15) is 5.69 Å². The van der Waals surface area contributed by atoms with Gasteiger partial charge >= 0.3 is 29.6 Å². The van der Waals surface area contributed by atoms with Gasteiger partial charge in [0.25, 0.3) is 0 Å². The number of hydrogen-bond acceptors (Lipinski definition) is 4. The maximum absolute atomic E-state index is 10.6.